The number of nitrogens with zero attached hydrogens (tertiary/aromatic N) is 2. The lowest BCUT2D eigenvalue weighted by atomic mass is 10.1. The van der Waals surface area contributed by atoms with Crippen LogP contribution in [0.15, 0.2) is 61.5 Å². The van der Waals surface area contributed by atoms with Crippen molar-refractivity contribution in [2.45, 2.75) is 13.3 Å². The number of aromatic hydroxyl groups is 1. The van der Waals surface area contributed by atoms with Gasteiger partial charge in [-0.2, -0.15) is 0 Å². The molecule has 1 aromatic heterocycles. The minimum absolute atomic E-state index is 0.00607. The van der Waals surface area contributed by atoms with Gasteiger partial charge in [-0.05, 0) is 48.4 Å². The van der Waals surface area contributed by atoms with Crippen LogP contribution in [-0.4, -0.2) is 20.9 Å². The molecular formula is C21H16BrN3O3. The molecule has 140 valence electrons. The highest BCUT2D eigenvalue weighted by atomic mass is 79.9. The number of hydrogen-bond donors (Lipinski definition) is 2. The van der Waals surface area contributed by atoms with Crippen LogP contribution in [0.4, 0.5) is 5.69 Å². The number of aryl methyl sites for hydroxylation is 1. The van der Waals surface area contributed by atoms with Crippen LogP contribution >= 0.6 is 15.9 Å². The van der Waals surface area contributed by atoms with Crippen LogP contribution in [0, 0.1) is 0 Å². The molecule has 0 aliphatic carbocycles. The summed E-state index contributed by atoms with van der Waals surface area (Å²) in [5.41, 5.74) is 2.49. The summed E-state index contributed by atoms with van der Waals surface area (Å²) in [5, 5.41) is 10.7. The Balaban J connectivity index is 1.88. The van der Waals surface area contributed by atoms with E-state index >= 15 is 0 Å². The molecule has 0 saturated heterocycles. The van der Waals surface area contributed by atoms with Gasteiger partial charge in [-0.3, -0.25) is 14.8 Å². The highest BCUT2D eigenvalue weighted by Gasteiger charge is 2.18. The minimum Gasteiger partial charge on any atom is -0.494 e. The van der Waals surface area contributed by atoms with Crippen molar-refractivity contribution in [3.8, 4) is 11.6 Å². The van der Waals surface area contributed by atoms with E-state index in [1.165, 1.54) is 6.08 Å². The van der Waals surface area contributed by atoms with E-state index in [2.05, 4.69) is 25.9 Å². The first-order valence-electron chi connectivity index (χ1n) is 8.71. The monoisotopic (exact) mass is 437 g/mol. The molecule has 0 bridgehead atoms. The highest BCUT2D eigenvalue weighted by Crippen LogP contribution is 2.35. The molecule has 28 heavy (non-hydrogen) atoms. The molecule has 3 aromatic rings. The van der Waals surface area contributed by atoms with Crippen molar-refractivity contribution in [1.82, 2.24) is 9.55 Å². The molecule has 2 aromatic carbocycles. The SMILES string of the molecule is CCc1ccc(-n2c(O)c(/C=C3\C=Nc4ccc(Br)cc43)c(=O)[nH]c2=O)cc1. The number of rotatable bonds is 3. The minimum atomic E-state index is -0.697. The number of nitrogens with one attached hydrogen (secondary N) is 1. The van der Waals surface area contributed by atoms with Gasteiger partial charge in [0.15, 0.2) is 0 Å². The topological polar surface area (TPSA) is 87.4 Å². The van der Waals surface area contributed by atoms with Crippen molar-refractivity contribution in [1.29, 1.82) is 0 Å². The molecular weight excluding hydrogens is 422 g/mol. The predicted molar refractivity (Wildman–Crippen MR) is 114 cm³/mol. The van der Waals surface area contributed by atoms with Gasteiger partial charge in [-0.1, -0.05) is 35.0 Å². The van der Waals surface area contributed by atoms with E-state index in [9.17, 15) is 14.7 Å². The zero-order valence-electron chi connectivity index (χ0n) is 14.9. The molecule has 0 saturated carbocycles. The van der Waals surface area contributed by atoms with Crippen LogP contribution in [0.25, 0.3) is 17.3 Å². The van der Waals surface area contributed by atoms with E-state index in [1.807, 2.05) is 37.3 Å². The van der Waals surface area contributed by atoms with Crippen molar-refractivity contribution in [3.63, 3.8) is 0 Å². The maximum atomic E-state index is 12.4. The Morgan fingerprint density at radius 3 is 2.64 bits per heavy atom. The second kappa shape index (κ2) is 7.09. The maximum Gasteiger partial charge on any atom is 0.335 e. The molecule has 6 nitrogen and oxygen atoms in total. The number of benzene rings is 2. The Morgan fingerprint density at radius 1 is 1.18 bits per heavy atom. The molecule has 7 heteroatoms. The van der Waals surface area contributed by atoms with Gasteiger partial charge in [0.25, 0.3) is 5.56 Å². The number of allylic oxidation sites excluding steroid dienone is 1. The van der Waals surface area contributed by atoms with Gasteiger partial charge in [0.05, 0.1) is 11.4 Å². The summed E-state index contributed by atoms with van der Waals surface area (Å²) >= 11 is 3.42. The predicted octanol–water partition coefficient (Wildman–Crippen LogP) is 3.81. The number of aromatic nitrogens is 2. The number of H-pyrrole nitrogens is 1. The Bertz CT molecular complexity index is 1250. The smallest absolute Gasteiger partial charge is 0.335 e. The summed E-state index contributed by atoms with van der Waals surface area (Å²) < 4.78 is 1.96. The maximum absolute atomic E-state index is 12.4. The first-order chi connectivity index (χ1) is 13.5. The second-order valence-corrected chi connectivity index (χ2v) is 7.29. The third-order valence-corrected chi connectivity index (χ3v) is 5.13. The Labute approximate surface area is 168 Å². The van der Waals surface area contributed by atoms with Crippen LogP contribution in [-0.2, 0) is 6.42 Å². The van der Waals surface area contributed by atoms with Gasteiger partial charge in [0.2, 0.25) is 5.88 Å². The van der Waals surface area contributed by atoms with Crippen LogP contribution in [0.3, 0.4) is 0 Å². The van der Waals surface area contributed by atoms with E-state index in [-0.39, 0.29) is 5.56 Å². The third kappa shape index (κ3) is 3.14. The Hall–Kier alpha value is -3.19. The first kappa shape index (κ1) is 18.2. The van der Waals surface area contributed by atoms with Crippen LogP contribution in [0.5, 0.6) is 5.88 Å². The molecule has 0 fully saturated rings. The van der Waals surface area contributed by atoms with Crippen molar-refractivity contribution in [2.75, 3.05) is 0 Å². The lowest BCUT2D eigenvalue weighted by Gasteiger charge is -2.11. The molecule has 0 amide bonds. The van der Waals surface area contributed by atoms with E-state index in [0.717, 1.165) is 32.3 Å². The summed E-state index contributed by atoms with van der Waals surface area (Å²) in [4.78, 5) is 31.3. The molecule has 0 atom stereocenters. The Morgan fingerprint density at radius 2 is 1.93 bits per heavy atom. The molecule has 0 unspecified atom stereocenters. The number of halogens is 1. The van der Waals surface area contributed by atoms with Gasteiger partial charge in [0.1, 0.15) is 5.56 Å². The lowest BCUT2D eigenvalue weighted by Crippen LogP contribution is -2.30. The van der Waals surface area contributed by atoms with Crippen molar-refractivity contribution >= 4 is 39.5 Å². The van der Waals surface area contributed by atoms with E-state index in [1.54, 1.807) is 18.3 Å². The zero-order valence-corrected chi connectivity index (χ0v) is 16.5. The molecule has 0 radical (unpaired) electrons. The van der Waals surface area contributed by atoms with Crippen LogP contribution < -0.4 is 11.2 Å². The van der Waals surface area contributed by atoms with Gasteiger partial charge in [-0.25, -0.2) is 9.36 Å². The number of aromatic amines is 1. The van der Waals surface area contributed by atoms with E-state index in [4.69, 9.17) is 0 Å². The molecule has 2 heterocycles. The zero-order chi connectivity index (χ0) is 19.8. The lowest BCUT2D eigenvalue weighted by molar-refractivity contribution is 0.429. The van der Waals surface area contributed by atoms with Crippen molar-refractivity contribution < 1.29 is 5.11 Å². The van der Waals surface area contributed by atoms with Crippen LogP contribution in [0.1, 0.15) is 23.6 Å². The third-order valence-electron chi connectivity index (χ3n) is 4.64. The normalized spacial score (nSPS) is 13.9. The average molecular weight is 438 g/mol. The fourth-order valence-electron chi connectivity index (χ4n) is 3.12. The summed E-state index contributed by atoms with van der Waals surface area (Å²) in [7, 11) is 0. The molecule has 0 spiro atoms. The van der Waals surface area contributed by atoms with Gasteiger partial charge >= 0.3 is 5.69 Å². The summed E-state index contributed by atoms with van der Waals surface area (Å²) in [6.07, 6.45) is 4.02. The fraction of sp³-hybridized carbons (Fsp3) is 0.0952. The second-order valence-electron chi connectivity index (χ2n) is 6.37. The summed E-state index contributed by atoms with van der Waals surface area (Å²) in [5.74, 6) is -0.414. The molecule has 1 aliphatic heterocycles. The molecule has 1 aliphatic rings. The fourth-order valence-corrected chi connectivity index (χ4v) is 3.48. The summed E-state index contributed by atoms with van der Waals surface area (Å²) in [6, 6.07) is 12.8. The molecule has 4 rings (SSSR count). The number of aliphatic imine (C=N–C) groups is 1. The van der Waals surface area contributed by atoms with Crippen molar-refractivity contribution in [2.24, 2.45) is 4.99 Å². The largest absolute Gasteiger partial charge is 0.494 e. The van der Waals surface area contributed by atoms with Crippen LogP contribution in [0.2, 0.25) is 0 Å². The summed E-state index contributed by atoms with van der Waals surface area (Å²) in [6.45, 7) is 2.03. The van der Waals surface area contributed by atoms with Gasteiger partial charge < -0.3 is 5.11 Å². The number of hydrogen-bond acceptors (Lipinski definition) is 4. The first-order valence-corrected chi connectivity index (χ1v) is 9.50. The Kier molecular flexibility index (Phi) is 4.60. The van der Waals surface area contributed by atoms with Gasteiger partial charge in [0, 0.05) is 21.8 Å². The van der Waals surface area contributed by atoms with E-state index < -0.39 is 17.1 Å². The highest BCUT2D eigenvalue weighted by molar-refractivity contribution is 9.10. The van der Waals surface area contributed by atoms with Gasteiger partial charge in [-0.15, -0.1) is 0 Å². The number of fused-ring (bicyclic) bond motifs is 1. The average Bonchev–Trinajstić information content (AvgIpc) is 3.07. The van der Waals surface area contributed by atoms with E-state index in [0.29, 0.717) is 11.3 Å². The van der Waals surface area contributed by atoms with Crippen molar-refractivity contribution in [3.05, 3.63) is 84.5 Å². The quantitative estimate of drug-likeness (QED) is 0.652. The standard InChI is InChI=1S/C21H16BrN3O3/c1-2-12-3-6-15(7-4-12)25-20(27)17(19(26)24-21(25)28)9-13-11-23-18-8-5-14(22)10-16(13)18/h3-11,27H,2H2,1H3,(H,24,26,28)/b13-9+. The molecule has 2 N–H and O–H groups in total.